The van der Waals surface area contributed by atoms with E-state index < -0.39 is 0 Å². The van der Waals surface area contributed by atoms with Crippen molar-refractivity contribution < 1.29 is 4.79 Å². The molecule has 0 N–H and O–H groups in total. The zero-order chi connectivity index (χ0) is 9.56. The Morgan fingerprint density at radius 1 is 1.58 bits per heavy atom. The van der Waals surface area contributed by atoms with Gasteiger partial charge >= 0.3 is 0 Å². The van der Waals surface area contributed by atoms with E-state index in [9.17, 15) is 4.79 Å². The molecule has 0 aliphatic carbocycles. The molecular formula is C9H16BrNO. The molecule has 0 bridgehead atoms. The Bertz CT molecular complexity index is 168. The highest BCUT2D eigenvalue weighted by molar-refractivity contribution is 9.11. The van der Waals surface area contributed by atoms with E-state index in [-0.39, 0.29) is 5.91 Å². The Hall–Kier alpha value is -0.310. The van der Waals surface area contributed by atoms with Gasteiger partial charge in [-0.15, -0.1) is 0 Å². The lowest BCUT2D eigenvalue weighted by atomic mass is 10.3. The summed E-state index contributed by atoms with van der Waals surface area (Å²) in [5.74, 6) is 0.115. The van der Waals surface area contributed by atoms with Crippen LogP contribution in [-0.4, -0.2) is 23.9 Å². The van der Waals surface area contributed by atoms with E-state index in [0.717, 1.165) is 23.9 Å². The fourth-order valence-corrected chi connectivity index (χ4v) is 1.21. The quantitative estimate of drug-likeness (QED) is 0.715. The van der Waals surface area contributed by atoms with E-state index in [1.54, 1.807) is 11.8 Å². The van der Waals surface area contributed by atoms with Crippen LogP contribution in [0.15, 0.2) is 11.1 Å². The van der Waals surface area contributed by atoms with Crippen LogP contribution in [0.3, 0.4) is 0 Å². The fraction of sp³-hybridized carbons (Fsp3) is 0.667. The van der Waals surface area contributed by atoms with E-state index in [4.69, 9.17) is 0 Å². The second-order valence-corrected chi connectivity index (χ2v) is 3.93. The van der Waals surface area contributed by atoms with E-state index in [1.807, 2.05) is 0 Å². The molecule has 70 valence electrons. The highest BCUT2D eigenvalue weighted by atomic mass is 79.9. The summed E-state index contributed by atoms with van der Waals surface area (Å²) in [6.45, 7) is 8.86. The zero-order valence-electron chi connectivity index (χ0n) is 7.77. The molecule has 0 aliphatic heterocycles. The van der Waals surface area contributed by atoms with Gasteiger partial charge in [-0.3, -0.25) is 4.79 Å². The lowest BCUT2D eigenvalue weighted by molar-refractivity contribution is -0.128. The van der Waals surface area contributed by atoms with Gasteiger partial charge in [-0.05, 0) is 6.42 Å². The maximum Gasteiger partial charge on any atom is 0.219 e. The lowest BCUT2D eigenvalue weighted by Crippen LogP contribution is -2.30. The average Bonchev–Trinajstić information content (AvgIpc) is 1.96. The maximum atomic E-state index is 11.0. The van der Waals surface area contributed by atoms with E-state index in [1.165, 1.54) is 0 Å². The number of amides is 1. The third-order valence-electron chi connectivity index (χ3n) is 1.59. The number of unbranched alkanes of at least 4 members (excludes halogenated alkanes) is 1. The van der Waals surface area contributed by atoms with Gasteiger partial charge in [0.1, 0.15) is 0 Å². The summed E-state index contributed by atoms with van der Waals surface area (Å²) in [5, 5.41) is 0. The van der Waals surface area contributed by atoms with E-state index in [0.29, 0.717) is 6.54 Å². The van der Waals surface area contributed by atoms with Crippen LogP contribution >= 0.6 is 15.9 Å². The van der Waals surface area contributed by atoms with E-state index in [2.05, 4.69) is 29.4 Å². The predicted molar refractivity (Wildman–Crippen MR) is 55.2 cm³/mol. The first-order chi connectivity index (χ1) is 5.57. The van der Waals surface area contributed by atoms with Gasteiger partial charge < -0.3 is 4.90 Å². The number of nitrogens with zero attached hydrogens (tertiary/aromatic N) is 1. The second kappa shape index (κ2) is 6.23. The van der Waals surface area contributed by atoms with Crippen molar-refractivity contribution in [2.75, 3.05) is 13.1 Å². The average molecular weight is 234 g/mol. The van der Waals surface area contributed by atoms with Gasteiger partial charge in [-0.2, -0.15) is 0 Å². The molecular weight excluding hydrogens is 218 g/mol. The topological polar surface area (TPSA) is 20.3 Å². The summed E-state index contributed by atoms with van der Waals surface area (Å²) in [7, 11) is 0. The molecule has 1 amide bonds. The van der Waals surface area contributed by atoms with Crippen molar-refractivity contribution in [3.8, 4) is 0 Å². The summed E-state index contributed by atoms with van der Waals surface area (Å²) in [5.41, 5.74) is 0. The second-order valence-electron chi connectivity index (χ2n) is 2.81. The van der Waals surface area contributed by atoms with E-state index >= 15 is 0 Å². The van der Waals surface area contributed by atoms with Crippen molar-refractivity contribution in [2.45, 2.75) is 26.7 Å². The number of halogens is 1. The molecule has 2 nitrogen and oxygen atoms in total. The van der Waals surface area contributed by atoms with Crippen molar-refractivity contribution >= 4 is 21.8 Å². The third-order valence-corrected chi connectivity index (χ3v) is 1.84. The molecule has 0 spiro atoms. The Balaban J connectivity index is 3.87. The molecule has 0 fully saturated rings. The van der Waals surface area contributed by atoms with Crippen LogP contribution < -0.4 is 0 Å². The minimum atomic E-state index is 0.115. The van der Waals surface area contributed by atoms with Crippen LogP contribution in [0.2, 0.25) is 0 Å². The van der Waals surface area contributed by atoms with Gasteiger partial charge in [0.15, 0.2) is 0 Å². The molecule has 0 saturated carbocycles. The molecule has 0 aliphatic rings. The van der Waals surface area contributed by atoms with Crippen molar-refractivity contribution in [3.05, 3.63) is 11.1 Å². The number of carbonyl (C=O) groups excluding carboxylic acids is 1. The summed E-state index contributed by atoms with van der Waals surface area (Å²) in [4.78, 5) is 12.8. The first-order valence-electron chi connectivity index (χ1n) is 4.16. The highest BCUT2D eigenvalue weighted by Gasteiger charge is 2.07. The van der Waals surface area contributed by atoms with Gasteiger partial charge in [-0.1, -0.05) is 35.9 Å². The summed E-state index contributed by atoms with van der Waals surface area (Å²) in [6.07, 6.45) is 2.17. The first-order valence-corrected chi connectivity index (χ1v) is 4.96. The van der Waals surface area contributed by atoms with Crippen LogP contribution in [-0.2, 0) is 4.79 Å². The molecule has 0 heterocycles. The molecule has 3 heteroatoms. The molecule has 0 aromatic heterocycles. The first kappa shape index (κ1) is 11.7. The molecule has 0 atom stereocenters. The third kappa shape index (κ3) is 5.35. The molecule has 12 heavy (non-hydrogen) atoms. The van der Waals surface area contributed by atoms with Gasteiger partial charge in [-0.25, -0.2) is 0 Å². The largest absolute Gasteiger partial charge is 0.338 e. The minimum Gasteiger partial charge on any atom is -0.338 e. The van der Waals surface area contributed by atoms with Crippen LogP contribution in [0.25, 0.3) is 0 Å². The van der Waals surface area contributed by atoms with Crippen molar-refractivity contribution in [2.24, 2.45) is 0 Å². The summed E-state index contributed by atoms with van der Waals surface area (Å²) in [6, 6.07) is 0. The fourth-order valence-electron chi connectivity index (χ4n) is 0.904. The molecule has 0 rings (SSSR count). The summed E-state index contributed by atoms with van der Waals surface area (Å²) >= 11 is 3.25. The Morgan fingerprint density at radius 3 is 2.50 bits per heavy atom. The van der Waals surface area contributed by atoms with Crippen molar-refractivity contribution in [1.82, 2.24) is 4.90 Å². The molecule has 0 aromatic carbocycles. The predicted octanol–water partition coefficient (Wildman–Crippen LogP) is 2.54. The number of hydrogen-bond donors (Lipinski definition) is 0. The van der Waals surface area contributed by atoms with Gasteiger partial charge in [0.05, 0.1) is 6.54 Å². The number of carbonyl (C=O) groups is 1. The monoisotopic (exact) mass is 233 g/mol. The number of hydrogen-bond acceptors (Lipinski definition) is 1. The van der Waals surface area contributed by atoms with Crippen LogP contribution in [0.5, 0.6) is 0 Å². The van der Waals surface area contributed by atoms with Crippen molar-refractivity contribution in [3.63, 3.8) is 0 Å². The normalized spacial score (nSPS) is 9.58. The zero-order valence-corrected chi connectivity index (χ0v) is 9.35. The molecule has 0 aromatic rings. The van der Waals surface area contributed by atoms with Crippen LogP contribution in [0, 0.1) is 0 Å². The Labute approximate surface area is 82.8 Å². The molecule has 0 saturated heterocycles. The van der Waals surface area contributed by atoms with Gasteiger partial charge in [0.2, 0.25) is 5.91 Å². The molecule has 0 unspecified atom stereocenters. The van der Waals surface area contributed by atoms with Gasteiger partial charge in [0, 0.05) is 18.0 Å². The minimum absolute atomic E-state index is 0.115. The van der Waals surface area contributed by atoms with Gasteiger partial charge in [0.25, 0.3) is 0 Å². The SMILES string of the molecule is C=C(Br)CN(CCCC)C(C)=O. The van der Waals surface area contributed by atoms with Crippen molar-refractivity contribution in [1.29, 1.82) is 0 Å². The Kier molecular flexibility index (Phi) is 6.07. The summed E-state index contributed by atoms with van der Waals surface area (Å²) < 4.78 is 0.855. The lowest BCUT2D eigenvalue weighted by Gasteiger charge is -2.19. The number of rotatable bonds is 5. The highest BCUT2D eigenvalue weighted by Crippen LogP contribution is 2.05. The van der Waals surface area contributed by atoms with Crippen LogP contribution in [0.4, 0.5) is 0 Å². The van der Waals surface area contributed by atoms with Crippen LogP contribution in [0.1, 0.15) is 26.7 Å². The molecule has 0 radical (unpaired) electrons. The maximum absolute atomic E-state index is 11.0. The standard InChI is InChI=1S/C9H16BrNO/c1-4-5-6-11(9(3)12)7-8(2)10/h2,4-7H2,1,3H3. The smallest absolute Gasteiger partial charge is 0.219 e. The Morgan fingerprint density at radius 2 is 2.17 bits per heavy atom.